The van der Waals surface area contributed by atoms with E-state index < -0.39 is 0 Å². The third kappa shape index (κ3) is 5.90. The standard InChI is InChI=1S/C12H22N2O2/c1-14(8-10-15-2)7-4-6-13-11-12-5-3-9-16-12/h3,5,9,13H,4,6-8,10-11H2,1-2H3. The Hall–Kier alpha value is -0.840. The number of rotatable bonds is 9. The van der Waals surface area contributed by atoms with Crippen molar-refractivity contribution < 1.29 is 9.15 Å². The van der Waals surface area contributed by atoms with E-state index in [1.54, 1.807) is 13.4 Å². The number of hydrogen-bond acceptors (Lipinski definition) is 4. The van der Waals surface area contributed by atoms with Crippen LogP contribution in [0.4, 0.5) is 0 Å². The van der Waals surface area contributed by atoms with Crippen LogP contribution >= 0.6 is 0 Å². The van der Waals surface area contributed by atoms with Crippen molar-refractivity contribution in [1.29, 1.82) is 0 Å². The molecule has 0 amide bonds. The highest BCUT2D eigenvalue weighted by Gasteiger charge is 1.98. The summed E-state index contributed by atoms with van der Waals surface area (Å²) in [7, 11) is 3.85. The Balaban J connectivity index is 1.91. The molecule has 0 fully saturated rings. The van der Waals surface area contributed by atoms with E-state index in [4.69, 9.17) is 9.15 Å². The molecule has 0 radical (unpaired) electrons. The van der Waals surface area contributed by atoms with Gasteiger partial charge in [-0.1, -0.05) is 0 Å². The number of nitrogens with one attached hydrogen (secondary N) is 1. The minimum Gasteiger partial charge on any atom is -0.468 e. The van der Waals surface area contributed by atoms with Crippen molar-refractivity contribution in [1.82, 2.24) is 10.2 Å². The first-order chi connectivity index (χ1) is 7.83. The highest BCUT2D eigenvalue weighted by atomic mass is 16.5. The lowest BCUT2D eigenvalue weighted by Crippen LogP contribution is -2.26. The third-order valence-electron chi connectivity index (χ3n) is 2.45. The van der Waals surface area contributed by atoms with Gasteiger partial charge in [0.1, 0.15) is 5.76 Å². The van der Waals surface area contributed by atoms with Gasteiger partial charge in [-0.15, -0.1) is 0 Å². The average molecular weight is 226 g/mol. The van der Waals surface area contributed by atoms with Crippen LogP contribution in [0.5, 0.6) is 0 Å². The monoisotopic (exact) mass is 226 g/mol. The van der Waals surface area contributed by atoms with Crippen LogP contribution < -0.4 is 5.32 Å². The van der Waals surface area contributed by atoms with Gasteiger partial charge in [-0.2, -0.15) is 0 Å². The lowest BCUT2D eigenvalue weighted by atomic mass is 10.3. The fraction of sp³-hybridized carbons (Fsp3) is 0.667. The summed E-state index contributed by atoms with van der Waals surface area (Å²) in [4.78, 5) is 2.28. The predicted octanol–water partition coefficient (Wildman–Crippen LogP) is 1.34. The Morgan fingerprint density at radius 1 is 1.44 bits per heavy atom. The van der Waals surface area contributed by atoms with Crippen molar-refractivity contribution in [3.63, 3.8) is 0 Å². The largest absolute Gasteiger partial charge is 0.468 e. The summed E-state index contributed by atoms with van der Waals surface area (Å²) < 4.78 is 10.2. The molecule has 0 saturated carbocycles. The summed E-state index contributed by atoms with van der Waals surface area (Å²) in [6, 6.07) is 3.90. The fourth-order valence-corrected chi connectivity index (χ4v) is 1.46. The van der Waals surface area contributed by atoms with Crippen molar-refractivity contribution >= 4 is 0 Å². The zero-order valence-electron chi connectivity index (χ0n) is 10.2. The van der Waals surface area contributed by atoms with Crippen LogP contribution in [0.3, 0.4) is 0 Å². The molecule has 0 aliphatic heterocycles. The number of methoxy groups -OCH3 is 1. The Bertz CT molecular complexity index is 250. The van der Waals surface area contributed by atoms with Gasteiger partial charge in [0.05, 0.1) is 19.4 Å². The Labute approximate surface area is 97.6 Å². The molecule has 0 unspecified atom stereocenters. The van der Waals surface area contributed by atoms with Crippen LogP contribution in [0, 0.1) is 0 Å². The van der Waals surface area contributed by atoms with Crippen molar-refractivity contribution in [3.8, 4) is 0 Å². The van der Waals surface area contributed by atoms with E-state index in [1.165, 1.54) is 0 Å². The smallest absolute Gasteiger partial charge is 0.117 e. The zero-order chi connectivity index (χ0) is 11.6. The van der Waals surface area contributed by atoms with Gasteiger partial charge in [0, 0.05) is 13.7 Å². The van der Waals surface area contributed by atoms with E-state index in [0.717, 1.165) is 45.0 Å². The highest BCUT2D eigenvalue weighted by molar-refractivity contribution is 4.97. The van der Waals surface area contributed by atoms with Gasteiger partial charge < -0.3 is 19.4 Å². The molecule has 4 nitrogen and oxygen atoms in total. The van der Waals surface area contributed by atoms with E-state index in [-0.39, 0.29) is 0 Å². The number of nitrogens with zero attached hydrogens (tertiary/aromatic N) is 1. The van der Waals surface area contributed by atoms with Crippen molar-refractivity contribution in [2.75, 3.05) is 40.4 Å². The Morgan fingerprint density at radius 2 is 2.31 bits per heavy atom. The first-order valence-corrected chi connectivity index (χ1v) is 5.73. The molecule has 0 saturated heterocycles. The second-order valence-electron chi connectivity index (χ2n) is 3.91. The summed E-state index contributed by atoms with van der Waals surface area (Å²) >= 11 is 0. The van der Waals surface area contributed by atoms with Gasteiger partial charge in [-0.05, 0) is 38.7 Å². The topological polar surface area (TPSA) is 37.6 Å². The van der Waals surface area contributed by atoms with Gasteiger partial charge in [-0.3, -0.25) is 0 Å². The molecular formula is C12H22N2O2. The highest BCUT2D eigenvalue weighted by Crippen LogP contribution is 1.98. The summed E-state index contributed by atoms with van der Waals surface area (Å²) in [5.74, 6) is 0.993. The fourth-order valence-electron chi connectivity index (χ4n) is 1.46. The van der Waals surface area contributed by atoms with E-state index in [2.05, 4.69) is 17.3 Å². The molecule has 4 heteroatoms. The molecule has 0 atom stereocenters. The summed E-state index contributed by atoms with van der Waals surface area (Å²) in [6.45, 7) is 4.71. The number of hydrogen-bond donors (Lipinski definition) is 1. The Morgan fingerprint density at radius 3 is 3.00 bits per heavy atom. The SMILES string of the molecule is COCCN(C)CCCNCc1ccco1. The minimum absolute atomic E-state index is 0.802. The van der Waals surface area contributed by atoms with Gasteiger partial charge in [0.2, 0.25) is 0 Å². The maximum atomic E-state index is 5.22. The molecule has 92 valence electrons. The molecule has 0 aromatic carbocycles. The van der Waals surface area contributed by atoms with Crippen LogP contribution in [-0.2, 0) is 11.3 Å². The van der Waals surface area contributed by atoms with Crippen LogP contribution in [-0.4, -0.2) is 45.3 Å². The van der Waals surface area contributed by atoms with Gasteiger partial charge >= 0.3 is 0 Å². The predicted molar refractivity (Wildman–Crippen MR) is 64.4 cm³/mol. The molecule has 1 heterocycles. The quantitative estimate of drug-likeness (QED) is 0.645. The first kappa shape index (κ1) is 13.2. The van der Waals surface area contributed by atoms with E-state index in [1.807, 2.05) is 12.1 Å². The summed E-state index contributed by atoms with van der Waals surface area (Å²) in [6.07, 6.45) is 2.84. The van der Waals surface area contributed by atoms with Crippen LogP contribution in [0.2, 0.25) is 0 Å². The molecule has 1 aromatic heterocycles. The molecule has 0 spiro atoms. The molecule has 0 aliphatic rings. The van der Waals surface area contributed by atoms with Crippen LogP contribution in [0.1, 0.15) is 12.2 Å². The minimum atomic E-state index is 0.802. The number of likely N-dealkylation sites (N-methyl/N-ethyl adjacent to an activating group) is 1. The molecule has 0 bridgehead atoms. The molecule has 0 aliphatic carbocycles. The summed E-state index contributed by atoms with van der Waals surface area (Å²) in [5, 5.41) is 3.35. The number of ether oxygens (including phenoxy) is 1. The zero-order valence-corrected chi connectivity index (χ0v) is 10.2. The second-order valence-corrected chi connectivity index (χ2v) is 3.91. The maximum Gasteiger partial charge on any atom is 0.117 e. The van der Waals surface area contributed by atoms with E-state index in [9.17, 15) is 0 Å². The van der Waals surface area contributed by atoms with Gasteiger partial charge in [-0.25, -0.2) is 0 Å². The van der Waals surface area contributed by atoms with E-state index >= 15 is 0 Å². The van der Waals surface area contributed by atoms with Gasteiger partial charge in [0.15, 0.2) is 0 Å². The first-order valence-electron chi connectivity index (χ1n) is 5.73. The molecule has 1 rings (SSSR count). The lowest BCUT2D eigenvalue weighted by molar-refractivity contribution is 0.160. The van der Waals surface area contributed by atoms with Crippen LogP contribution in [0.15, 0.2) is 22.8 Å². The van der Waals surface area contributed by atoms with Crippen molar-refractivity contribution in [3.05, 3.63) is 24.2 Å². The normalized spacial score (nSPS) is 11.2. The lowest BCUT2D eigenvalue weighted by Gasteiger charge is -2.15. The van der Waals surface area contributed by atoms with Crippen molar-refractivity contribution in [2.45, 2.75) is 13.0 Å². The van der Waals surface area contributed by atoms with Crippen LogP contribution in [0.25, 0.3) is 0 Å². The molecule has 16 heavy (non-hydrogen) atoms. The summed E-state index contributed by atoms with van der Waals surface area (Å²) in [5.41, 5.74) is 0. The molecule has 1 aromatic rings. The molecular weight excluding hydrogens is 204 g/mol. The van der Waals surface area contributed by atoms with Gasteiger partial charge in [0.25, 0.3) is 0 Å². The third-order valence-corrected chi connectivity index (χ3v) is 2.45. The second kappa shape index (κ2) is 8.33. The Kier molecular flexibility index (Phi) is 6.88. The van der Waals surface area contributed by atoms with E-state index in [0.29, 0.717) is 0 Å². The van der Waals surface area contributed by atoms with Crippen molar-refractivity contribution in [2.24, 2.45) is 0 Å². The number of furan rings is 1. The molecule has 1 N–H and O–H groups in total. The average Bonchev–Trinajstić information content (AvgIpc) is 2.79. The maximum absolute atomic E-state index is 5.22.